The molecule has 3 atom stereocenters. The van der Waals surface area contributed by atoms with E-state index < -0.39 is 5.97 Å². The van der Waals surface area contributed by atoms with Gasteiger partial charge in [-0.05, 0) is 43.9 Å². The summed E-state index contributed by atoms with van der Waals surface area (Å²) in [5.41, 5.74) is 0.308. The molecule has 3 heterocycles. The van der Waals surface area contributed by atoms with Crippen molar-refractivity contribution in [2.75, 3.05) is 13.1 Å². The fraction of sp³-hybridized carbons (Fsp3) is 0.875. The molecule has 0 aromatic carbocycles. The maximum atomic E-state index is 12.9. The lowest BCUT2D eigenvalue weighted by atomic mass is 9.85. The molecule has 1 N–H and O–H groups in total. The highest BCUT2D eigenvalue weighted by Gasteiger charge is 2.52. The van der Waals surface area contributed by atoms with Gasteiger partial charge in [0, 0.05) is 25.2 Å². The van der Waals surface area contributed by atoms with Crippen molar-refractivity contribution in [2.24, 2.45) is 11.3 Å². The number of carboxylic acid groups (broad SMARTS) is 1. The Bertz CT molecular complexity index is 449. The van der Waals surface area contributed by atoms with Crippen molar-refractivity contribution in [3.8, 4) is 0 Å². The molecule has 3 saturated heterocycles. The van der Waals surface area contributed by atoms with Crippen molar-refractivity contribution in [2.45, 2.75) is 64.5 Å². The molecule has 5 heteroatoms. The van der Waals surface area contributed by atoms with Crippen molar-refractivity contribution in [3.63, 3.8) is 0 Å². The first-order valence-electron chi connectivity index (χ1n) is 8.19. The van der Waals surface area contributed by atoms with E-state index in [0.29, 0.717) is 11.8 Å². The number of carboxylic acids is 1. The van der Waals surface area contributed by atoms with Gasteiger partial charge in [0.25, 0.3) is 0 Å². The highest BCUT2D eigenvalue weighted by Crippen LogP contribution is 2.42. The van der Waals surface area contributed by atoms with Crippen LogP contribution in [0.15, 0.2) is 0 Å². The second kappa shape index (κ2) is 5.18. The van der Waals surface area contributed by atoms with Crippen LogP contribution in [-0.4, -0.2) is 52.1 Å². The number of carbonyl (C=O) groups excluding carboxylic acids is 1. The molecule has 3 fully saturated rings. The SMILES string of the molecule is CC1(C)CCCN(C(=O)N2C3CCC2C(C(=O)O)C3)CC1. The molecule has 0 aliphatic carbocycles. The Hall–Kier alpha value is -1.26. The van der Waals surface area contributed by atoms with Gasteiger partial charge < -0.3 is 14.9 Å². The smallest absolute Gasteiger partial charge is 0.320 e. The summed E-state index contributed by atoms with van der Waals surface area (Å²) in [7, 11) is 0. The molecule has 2 bridgehead atoms. The molecule has 3 aliphatic rings. The van der Waals surface area contributed by atoms with Crippen LogP contribution in [0.2, 0.25) is 0 Å². The molecule has 3 unspecified atom stereocenters. The first-order valence-corrected chi connectivity index (χ1v) is 8.19. The first kappa shape index (κ1) is 14.7. The van der Waals surface area contributed by atoms with Gasteiger partial charge in [-0.1, -0.05) is 13.8 Å². The molecule has 0 aromatic rings. The van der Waals surface area contributed by atoms with E-state index in [4.69, 9.17) is 0 Å². The van der Waals surface area contributed by atoms with E-state index in [1.807, 2.05) is 9.80 Å². The van der Waals surface area contributed by atoms with Gasteiger partial charge in [0.05, 0.1) is 5.92 Å². The lowest BCUT2D eigenvalue weighted by Crippen LogP contribution is -2.47. The van der Waals surface area contributed by atoms with Crippen molar-refractivity contribution in [1.29, 1.82) is 0 Å². The maximum absolute atomic E-state index is 12.9. The summed E-state index contributed by atoms with van der Waals surface area (Å²) in [4.78, 5) is 28.0. The quantitative estimate of drug-likeness (QED) is 0.808. The summed E-state index contributed by atoms with van der Waals surface area (Å²) in [5.74, 6) is -1.09. The lowest BCUT2D eigenvalue weighted by molar-refractivity contribution is -0.142. The Morgan fingerprint density at radius 1 is 1.14 bits per heavy atom. The Morgan fingerprint density at radius 2 is 1.90 bits per heavy atom. The summed E-state index contributed by atoms with van der Waals surface area (Å²) >= 11 is 0. The van der Waals surface area contributed by atoms with Gasteiger partial charge in [-0.25, -0.2) is 4.79 Å². The summed E-state index contributed by atoms with van der Waals surface area (Å²) in [6.45, 7) is 6.15. The van der Waals surface area contributed by atoms with Crippen LogP contribution in [0.1, 0.15) is 52.4 Å². The zero-order chi connectivity index (χ0) is 15.2. The minimum absolute atomic E-state index is 0.0729. The zero-order valence-electron chi connectivity index (χ0n) is 13.0. The average Bonchev–Trinajstić information content (AvgIpc) is 2.93. The number of fused-ring (bicyclic) bond motifs is 2. The molecule has 0 radical (unpaired) electrons. The molecule has 2 amide bonds. The number of hydrogen-bond acceptors (Lipinski definition) is 2. The average molecular weight is 294 g/mol. The topological polar surface area (TPSA) is 60.9 Å². The number of hydrogen-bond donors (Lipinski definition) is 1. The van der Waals surface area contributed by atoms with E-state index in [9.17, 15) is 14.7 Å². The predicted octanol–water partition coefficient (Wildman–Crippen LogP) is 2.56. The van der Waals surface area contributed by atoms with E-state index >= 15 is 0 Å². The van der Waals surface area contributed by atoms with E-state index in [0.717, 1.165) is 45.2 Å². The molecule has 3 rings (SSSR count). The van der Waals surface area contributed by atoms with Crippen molar-refractivity contribution >= 4 is 12.0 Å². The molecule has 0 saturated carbocycles. The Balaban J connectivity index is 1.70. The van der Waals surface area contributed by atoms with Crippen molar-refractivity contribution in [1.82, 2.24) is 9.80 Å². The molecule has 3 aliphatic heterocycles. The number of aliphatic carboxylic acids is 1. The number of urea groups is 1. The third kappa shape index (κ3) is 2.62. The molecule has 0 spiro atoms. The molecule has 5 nitrogen and oxygen atoms in total. The summed E-state index contributed by atoms with van der Waals surface area (Å²) < 4.78 is 0. The van der Waals surface area contributed by atoms with Crippen LogP contribution < -0.4 is 0 Å². The third-order valence-electron chi connectivity index (χ3n) is 5.69. The summed E-state index contributed by atoms with van der Waals surface area (Å²) in [6, 6.07) is 0.167. The largest absolute Gasteiger partial charge is 0.481 e. The van der Waals surface area contributed by atoms with Crippen LogP contribution in [0.25, 0.3) is 0 Å². The Morgan fingerprint density at radius 3 is 2.57 bits per heavy atom. The van der Waals surface area contributed by atoms with Gasteiger partial charge in [0.15, 0.2) is 0 Å². The standard InChI is InChI=1S/C16H26N2O3/c1-16(2)6-3-8-17(9-7-16)15(21)18-11-4-5-13(18)12(10-11)14(19)20/h11-13H,3-10H2,1-2H3,(H,19,20). The van der Waals surface area contributed by atoms with Crippen molar-refractivity contribution in [3.05, 3.63) is 0 Å². The normalized spacial score (nSPS) is 34.9. The molecular weight excluding hydrogens is 268 g/mol. The van der Waals surface area contributed by atoms with E-state index in [1.165, 1.54) is 0 Å². The molecule has 21 heavy (non-hydrogen) atoms. The van der Waals surface area contributed by atoms with E-state index in [1.54, 1.807) is 0 Å². The van der Waals surface area contributed by atoms with Gasteiger partial charge in [-0.15, -0.1) is 0 Å². The van der Waals surface area contributed by atoms with Crippen LogP contribution in [0.4, 0.5) is 4.79 Å². The number of nitrogens with zero attached hydrogens (tertiary/aromatic N) is 2. The van der Waals surface area contributed by atoms with E-state index in [-0.39, 0.29) is 24.0 Å². The maximum Gasteiger partial charge on any atom is 0.320 e. The fourth-order valence-corrected chi connectivity index (χ4v) is 4.33. The summed E-state index contributed by atoms with van der Waals surface area (Å²) in [5, 5.41) is 9.31. The van der Waals surface area contributed by atoms with Gasteiger partial charge >= 0.3 is 12.0 Å². The van der Waals surface area contributed by atoms with Crippen LogP contribution in [0, 0.1) is 11.3 Å². The molecular formula is C16H26N2O3. The van der Waals surface area contributed by atoms with Gasteiger partial charge in [-0.3, -0.25) is 4.79 Å². The number of carbonyl (C=O) groups is 2. The summed E-state index contributed by atoms with van der Waals surface area (Å²) in [6.07, 6.45) is 5.70. The van der Waals surface area contributed by atoms with Crippen LogP contribution in [0.3, 0.4) is 0 Å². The predicted molar refractivity (Wildman–Crippen MR) is 79.0 cm³/mol. The highest BCUT2D eigenvalue weighted by atomic mass is 16.4. The van der Waals surface area contributed by atoms with Crippen LogP contribution in [0.5, 0.6) is 0 Å². The van der Waals surface area contributed by atoms with Gasteiger partial charge in [-0.2, -0.15) is 0 Å². The molecule has 0 aromatic heterocycles. The monoisotopic (exact) mass is 294 g/mol. The minimum Gasteiger partial charge on any atom is -0.481 e. The second-order valence-electron chi connectivity index (χ2n) is 7.67. The van der Waals surface area contributed by atoms with Gasteiger partial charge in [0.1, 0.15) is 0 Å². The van der Waals surface area contributed by atoms with Gasteiger partial charge in [0.2, 0.25) is 0 Å². The van der Waals surface area contributed by atoms with Crippen molar-refractivity contribution < 1.29 is 14.7 Å². The van der Waals surface area contributed by atoms with Crippen LogP contribution in [-0.2, 0) is 4.79 Å². The number of amides is 2. The van der Waals surface area contributed by atoms with E-state index in [2.05, 4.69) is 13.8 Å². The Kier molecular flexibility index (Phi) is 3.62. The Labute approximate surface area is 126 Å². The first-order chi connectivity index (χ1) is 9.89. The second-order valence-corrected chi connectivity index (χ2v) is 7.67. The zero-order valence-corrected chi connectivity index (χ0v) is 13.0. The fourth-order valence-electron chi connectivity index (χ4n) is 4.33. The molecule has 118 valence electrons. The van der Waals surface area contributed by atoms with Crippen LogP contribution >= 0.6 is 0 Å². The number of likely N-dealkylation sites (tertiary alicyclic amines) is 1. The number of rotatable bonds is 1. The third-order valence-corrected chi connectivity index (χ3v) is 5.69. The lowest BCUT2D eigenvalue weighted by Gasteiger charge is -2.31. The highest BCUT2D eigenvalue weighted by molar-refractivity contribution is 5.79. The minimum atomic E-state index is -0.739.